The summed E-state index contributed by atoms with van der Waals surface area (Å²) in [5.41, 5.74) is 2.27. The van der Waals surface area contributed by atoms with Crippen molar-refractivity contribution in [3.05, 3.63) is 0 Å². The van der Waals surface area contributed by atoms with Gasteiger partial charge in [0.05, 0.1) is 5.75 Å². The molecule has 0 saturated carbocycles. The molecule has 1 aliphatic rings. The van der Waals surface area contributed by atoms with Crippen molar-refractivity contribution < 1.29 is 42.3 Å². The Morgan fingerprint density at radius 2 is 1.81 bits per heavy atom. The van der Waals surface area contributed by atoms with Crippen molar-refractivity contribution in [3.63, 3.8) is 0 Å². The molecule has 6 nitrogen and oxygen atoms in total. The SMILES string of the molecule is O=C([O-])C(F)(F)F.[NH3+]C1CCS(=O)(=O)C1O. The Morgan fingerprint density at radius 1 is 1.44 bits per heavy atom. The summed E-state index contributed by atoms with van der Waals surface area (Å²) >= 11 is 0. The fraction of sp³-hybridized carbons (Fsp3) is 0.833. The molecule has 96 valence electrons. The number of quaternary nitrogens is 1. The van der Waals surface area contributed by atoms with Gasteiger partial charge >= 0.3 is 6.18 Å². The normalized spacial score (nSPS) is 28.1. The first-order valence-corrected chi connectivity index (χ1v) is 5.71. The van der Waals surface area contributed by atoms with Crippen LogP contribution in [0.4, 0.5) is 13.2 Å². The largest absolute Gasteiger partial charge is 0.542 e. The number of halogens is 3. The standard InChI is InChI=1S/C4H9NO3S.C2HF3O2/c5-3-1-2-9(7,8)4(3)6;3-2(4,5)1(6)7/h3-4,6H,1-2,5H2;(H,6,7). The van der Waals surface area contributed by atoms with Crippen LogP contribution in [0.25, 0.3) is 0 Å². The van der Waals surface area contributed by atoms with Crippen molar-refractivity contribution in [1.29, 1.82) is 0 Å². The second kappa shape index (κ2) is 4.97. The zero-order valence-corrected chi connectivity index (χ0v) is 8.71. The molecule has 1 fully saturated rings. The summed E-state index contributed by atoms with van der Waals surface area (Å²) in [7, 11) is -3.18. The smallest absolute Gasteiger partial charge is 0.430 e. The van der Waals surface area contributed by atoms with Gasteiger partial charge in [-0.3, -0.25) is 0 Å². The van der Waals surface area contributed by atoms with Crippen LogP contribution in [0.2, 0.25) is 0 Å². The summed E-state index contributed by atoms with van der Waals surface area (Å²) in [6.07, 6.45) is -4.70. The van der Waals surface area contributed by atoms with E-state index in [9.17, 15) is 21.6 Å². The number of hydrogen-bond donors (Lipinski definition) is 2. The lowest BCUT2D eigenvalue weighted by molar-refractivity contribution is -0.427. The summed E-state index contributed by atoms with van der Waals surface area (Å²) in [6, 6.07) is -0.324. The fourth-order valence-electron chi connectivity index (χ4n) is 0.872. The molecule has 0 aromatic heterocycles. The Bertz CT molecular complexity index is 352. The van der Waals surface area contributed by atoms with Gasteiger partial charge < -0.3 is 20.7 Å². The number of sulfone groups is 1. The van der Waals surface area contributed by atoms with E-state index in [1.807, 2.05) is 0 Å². The molecule has 2 atom stereocenters. The maximum atomic E-state index is 10.7. The first-order valence-electron chi connectivity index (χ1n) is 3.99. The highest BCUT2D eigenvalue weighted by Gasteiger charge is 2.38. The number of rotatable bonds is 0. The highest BCUT2D eigenvalue weighted by molar-refractivity contribution is 7.92. The Hall–Kier alpha value is -0.870. The first kappa shape index (κ1) is 15.1. The van der Waals surface area contributed by atoms with Crippen LogP contribution in [-0.2, 0) is 14.6 Å². The summed E-state index contributed by atoms with van der Waals surface area (Å²) in [5, 5.41) is 17.7. The van der Waals surface area contributed by atoms with Gasteiger partial charge in [0.2, 0.25) is 5.44 Å². The zero-order chi connectivity index (χ0) is 13.1. The molecule has 1 saturated heterocycles. The quantitative estimate of drug-likeness (QED) is 0.484. The molecule has 1 aliphatic heterocycles. The van der Waals surface area contributed by atoms with Crippen LogP contribution in [0.1, 0.15) is 6.42 Å². The molecule has 16 heavy (non-hydrogen) atoms. The van der Waals surface area contributed by atoms with Crippen LogP contribution >= 0.6 is 0 Å². The second-order valence-electron chi connectivity index (χ2n) is 3.09. The predicted octanol–water partition coefficient (Wildman–Crippen LogP) is -2.97. The van der Waals surface area contributed by atoms with Gasteiger partial charge in [0.1, 0.15) is 12.0 Å². The molecule has 1 rings (SSSR count). The van der Waals surface area contributed by atoms with Gasteiger partial charge in [-0.2, -0.15) is 13.2 Å². The van der Waals surface area contributed by atoms with Gasteiger partial charge in [-0.25, -0.2) is 8.42 Å². The van der Waals surface area contributed by atoms with Crippen molar-refractivity contribution >= 4 is 15.8 Å². The molecule has 4 N–H and O–H groups in total. The zero-order valence-electron chi connectivity index (χ0n) is 7.90. The van der Waals surface area contributed by atoms with Crippen molar-refractivity contribution in [2.75, 3.05) is 5.75 Å². The molecule has 0 radical (unpaired) electrons. The lowest BCUT2D eigenvalue weighted by atomic mass is 10.3. The van der Waals surface area contributed by atoms with Crippen molar-refractivity contribution in [3.8, 4) is 0 Å². The van der Waals surface area contributed by atoms with Gasteiger partial charge in [-0.1, -0.05) is 0 Å². The summed E-state index contributed by atoms with van der Waals surface area (Å²) in [5.74, 6) is -2.92. The van der Waals surface area contributed by atoms with Crippen LogP contribution in [0, 0.1) is 0 Å². The maximum absolute atomic E-state index is 10.7. The van der Waals surface area contributed by atoms with E-state index in [0.717, 1.165) is 0 Å². The molecule has 0 aromatic carbocycles. The average Bonchev–Trinajstić information content (AvgIpc) is 2.32. The Kier molecular flexibility index (Phi) is 4.70. The van der Waals surface area contributed by atoms with Crippen molar-refractivity contribution in [2.45, 2.75) is 24.1 Å². The molecule has 10 heteroatoms. The number of carbonyl (C=O) groups is 1. The number of aliphatic carboxylic acids is 1. The van der Waals surface area contributed by atoms with E-state index >= 15 is 0 Å². The summed E-state index contributed by atoms with van der Waals surface area (Å²) < 4.78 is 52.9. The van der Waals surface area contributed by atoms with Crippen LogP contribution < -0.4 is 10.8 Å². The van der Waals surface area contributed by atoms with Gasteiger partial charge in [0.25, 0.3) is 0 Å². The predicted molar refractivity (Wildman–Crippen MR) is 42.1 cm³/mol. The van der Waals surface area contributed by atoms with Gasteiger partial charge in [-0.05, 0) is 0 Å². The number of carboxylic acid groups (broad SMARTS) is 1. The minimum absolute atomic E-state index is 0.0856. The Balaban J connectivity index is 0.000000293. The van der Waals surface area contributed by atoms with Crippen molar-refractivity contribution in [2.24, 2.45) is 0 Å². The Labute approximate surface area is 88.8 Å². The molecule has 0 spiro atoms. The van der Waals surface area contributed by atoms with Gasteiger partial charge in [0, 0.05) is 6.42 Å². The fourth-order valence-corrected chi connectivity index (χ4v) is 2.47. The molecule has 0 aromatic rings. The minimum atomic E-state index is -5.19. The highest BCUT2D eigenvalue weighted by atomic mass is 32.2. The third-order valence-corrected chi connectivity index (χ3v) is 3.70. The molecule has 1 heterocycles. The lowest BCUT2D eigenvalue weighted by Crippen LogP contribution is -2.64. The number of alkyl halides is 3. The Morgan fingerprint density at radius 3 is 1.88 bits per heavy atom. The highest BCUT2D eigenvalue weighted by Crippen LogP contribution is 2.14. The molecule has 2 unspecified atom stereocenters. The van der Waals surface area contributed by atoms with E-state index in [2.05, 4.69) is 5.73 Å². The second-order valence-corrected chi connectivity index (χ2v) is 5.31. The molecular formula is C6H10F3NO5S. The van der Waals surface area contributed by atoms with Crippen LogP contribution in [0.3, 0.4) is 0 Å². The van der Waals surface area contributed by atoms with E-state index in [4.69, 9.17) is 15.0 Å². The number of aliphatic hydroxyl groups excluding tert-OH is 1. The molecule has 0 amide bonds. The summed E-state index contributed by atoms with van der Waals surface area (Å²) in [6.45, 7) is 0. The van der Waals surface area contributed by atoms with Crippen molar-refractivity contribution in [1.82, 2.24) is 0 Å². The van der Waals surface area contributed by atoms with Crippen LogP contribution in [0.15, 0.2) is 0 Å². The van der Waals surface area contributed by atoms with E-state index < -0.39 is 27.4 Å². The minimum Gasteiger partial charge on any atom is -0.542 e. The molecule has 0 bridgehead atoms. The van der Waals surface area contributed by atoms with Gasteiger partial charge in [0.15, 0.2) is 9.84 Å². The van der Waals surface area contributed by atoms with E-state index in [-0.39, 0.29) is 11.8 Å². The van der Waals surface area contributed by atoms with Crippen LogP contribution in [-0.4, -0.2) is 42.9 Å². The lowest BCUT2D eigenvalue weighted by Gasteiger charge is -2.03. The van der Waals surface area contributed by atoms with Crippen LogP contribution in [0.5, 0.6) is 0 Å². The van der Waals surface area contributed by atoms with E-state index in [0.29, 0.717) is 6.42 Å². The summed E-state index contributed by atoms with van der Waals surface area (Å²) in [4.78, 5) is 8.78. The monoisotopic (exact) mass is 265 g/mol. The topological polar surface area (TPSA) is 122 Å². The van der Waals surface area contributed by atoms with E-state index in [1.54, 1.807) is 0 Å². The number of carboxylic acids is 1. The number of aliphatic hydroxyl groups is 1. The average molecular weight is 265 g/mol. The number of hydrogen-bond acceptors (Lipinski definition) is 5. The van der Waals surface area contributed by atoms with E-state index in [1.165, 1.54) is 0 Å². The number of carbonyl (C=O) groups excluding carboxylic acids is 1. The molecular weight excluding hydrogens is 255 g/mol. The first-order chi connectivity index (χ1) is 6.98. The third-order valence-electron chi connectivity index (χ3n) is 1.78. The maximum Gasteiger partial charge on any atom is 0.430 e. The van der Waals surface area contributed by atoms with Gasteiger partial charge in [-0.15, -0.1) is 0 Å². The third kappa shape index (κ3) is 4.33. The molecule has 0 aliphatic carbocycles.